The van der Waals surface area contributed by atoms with Crippen molar-refractivity contribution < 1.29 is 19.6 Å². The molecule has 0 aliphatic carbocycles. The third kappa shape index (κ3) is 4.87. The first-order valence-electron chi connectivity index (χ1n) is 7.83. The van der Waals surface area contributed by atoms with Gasteiger partial charge in [-0.25, -0.2) is 4.79 Å². The molecule has 1 N–H and O–H groups in total. The van der Waals surface area contributed by atoms with Crippen LogP contribution in [-0.2, 0) is 4.74 Å². The predicted molar refractivity (Wildman–Crippen MR) is 87.3 cm³/mol. The summed E-state index contributed by atoms with van der Waals surface area (Å²) in [6.45, 7) is 3.78. The molecule has 1 saturated heterocycles. The molecule has 0 spiro atoms. The number of methoxy groups -OCH3 is 1. The lowest BCUT2D eigenvalue weighted by Gasteiger charge is -2.33. The van der Waals surface area contributed by atoms with Crippen LogP contribution in [0.1, 0.15) is 12.8 Å². The number of hydrogen-bond donors (Lipinski definition) is 1. The number of amides is 1. The largest absolute Gasteiger partial charge is 0.465 e. The van der Waals surface area contributed by atoms with Gasteiger partial charge in [-0.15, -0.1) is 0 Å². The zero-order valence-corrected chi connectivity index (χ0v) is 13.6. The summed E-state index contributed by atoms with van der Waals surface area (Å²) >= 11 is 0. The number of hydrogen-bond acceptors (Lipinski definition) is 6. The van der Waals surface area contributed by atoms with Crippen LogP contribution < -0.4 is 4.90 Å². The second-order valence-electron chi connectivity index (χ2n) is 5.80. The number of ether oxygens (including phenoxy) is 1. The lowest BCUT2D eigenvalue weighted by molar-refractivity contribution is -0.389. The third-order valence-corrected chi connectivity index (χ3v) is 4.22. The Labute approximate surface area is 140 Å². The smallest absolute Gasteiger partial charge is 0.411 e. The zero-order valence-electron chi connectivity index (χ0n) is 13.6. The summed E-state index contributed by atoms with van der Waals surface area (Å²) in [5.74, 6) is -0.0365. The van der Waals surface area contributed by atoms with E-state index in [1.165, 1.54) is 23.2 Å². The Morgan fingerprint density at radius 2 is 2.21 bits per heavy atom. The van der Waals surface area contributed by atoms with Crippen LogP contribution in [0.3, 0.4) is 0 Å². The minimum Gasteiger partial charge on any atom is -0.465 e. The molecule has 0 atom stereocenters. The highest BCUT2D eigenvalue weighted by Gasteiger charge is 2.25. The van der Waals surface area contributed by atoms with E-state index in [0.717, 1.165) is 32.5 Å². The van der Waals surface area contributed by atoms with Crippen LogP contribution in [0.25, 0.3) is 0 Å². The second kappa shape index (κ2) is 8.55. The molecule has 0 aromatic carbocycles. The number of rotatable bonds is 7. The summed E-state index contributed by atoms with van der Waals surface area (Å²) in [5.41, 5.74) is 0.356. The van der Waals surface area contributed by atoms with Gasteiger partial charge in [0.25, 0.3) is 0 Å². The number of piperidine rings is 1. The van der Waals surface area contributed by atoms with Crippen LogP contribution in [0.4, 0.5) is 16.3 Å². The zero-order chi connectivity index (χ0) is 17.5. The molecule has 1 aromatic heterocycles. The summed E-state index contributed by atoms with van der Waals surface area (Å²) in [6, 6.07) is 2.64. The fourth-order valence-electron chi connectivity index (χ4n) is 2.81. The van der Waals surface area contributed by atoms with E-state index in [4.69, 9.17) is 4.74 Å². The van der Waals surface area contributed by atoms with Crippen LogP contribution in [0.2, 0.25) is 0 Å². The highest BCUT2D eigenvalue weighted by Crippen LogP contribution is 2.23. The van der Waals surface area contributed by atoms with Gasteiger partial charge in [0.1, 0.15) is 0 Å². The fraction of sp³-hybridized carbons (Fsp3) is 0.600. The Morgan fingerprint density at radius 3 is 2.71 bits per heavy atom. The van der Waals surface area contributed by atoms with Gasteiger partial charge in [-0.1, -0.05) is 0 Å². The van der Waals surface area contributed by atoms with Gasteiger partial charge in [0, 0.05) is 26.3 Å². The standard InChI is InChI=1S/C15H22N4O5/c1-24-9-8-17-6-4-12(5-7-17)11-18(15(20)21)13-2-3-14(16-10-13)19(22)23/h2-3,10,12H,4-9,11H2,1H3,(H,20,21). The monoisotopic (exact) mass is 338 g/mol. The maximum absolute atomic E-state index is 11.5. The molecule has 0 bridgehead atoms. The van der Waals surface area contributed by atoms with Gasteiger partial charge in [-0.3, -0.25) is 4.90 Å². The van der Waals surface area contributed by atoms with Gasteiger partial charge in [0.2, 0.25) is 0 Å². The molecule has 9 nitrogen and oxygen atoms in total. The minimum atomic E-state index is -1.08. The number of carbonyl (C=O) groups is 1. The van der Waals surface area contributed by atoms with Crippen molar-refractivity contribution in [1.29, 1.82) is 0 Å². The number of anilines is 1. The summed E-state index contributed by atoms with van der Waals surface area (Å²) in [5, 5.41) is 20.1. The molecular formula is C15H22N4O5. The molecule has 9 heteroatoms. The highest BCUT2D eigenvalue weighted by molar-refractivity contribution is 5.85. The molecule has 1 amide bonds. The summed E-state index contributed by atoms with van der Waals surface area (Å²) in [7, 11) is 1.68. The molecule has 132 valence electrons. The topological polar surface area (TPSA) is 109 Å². The number of likely N-dealkylation sites (tertiary alicyclic amines) is 1. The molecule has 1 fully saturated rings. The van der Waals surface area contributed by atoms with Crippen molar-refractivity contribution in [1.82, 2.24) is 9.88 Å². The lowest BCUT2D eigenvalue weighted by atomic mass is 9.96. The Bertz CT molecular complexity index is 557. The van der Waals surface area contributed by atoms with Crippen molar-refractivity contribution in [2.45, 2.75) is 12.8 Å². The Balaban J connectivity index is 1.95. The van der Waals surface area contributed by atoms with Crippen molar-refractivity contribution in [3.05, 3.63) is 28.4 Å². The van der Waals surface area contributed by atoms with E-state index in [0.29, 0.717) is 18.8 Å². The number of carboxylic acid groups (broad SMARTS) is 1. The SMILES string of the molecule is COCCN1CCC(CN(C(=O)O)c2ccc([N+](=O)[O-])nc2)CC1. The second-order valence-corrected chi connectivity index (χ2v) is 5.80. The number of pyridine rings is 1. The predicted octanol–water partition coefficient (Wildman–Crippen LogP) is 1.83. The molecular weight excluding hydrogens is 316 g/mol. The molecule has 0 unspecified atom stereocenters. The first-order chi connectivity index (χ1) is 11.5. The average Bonchev–Trinajstić information content (AvgIpc) is 2.58. The van der Waals surface area contributed by atoms with Crippen molar-refractivity contribution in [3.63, 3.8) is 0 Å². The van der Waals surface area contributed by atoms with E-state index >= 15 is 0 Å². The van der Waals surface area contributed by atoms with Gasteiger partial charge in [-0.05, 0) is 47.8 Å². The van der Waals surface area contributed by atoms with Gasteiger partial charge in [0.05, 0.1) is 12.3 Å². The van der Waals surface area contributed by atoms with E-state index in [1.807, 2.05) is 0 Å². The first kappa shape index (κ1) is 18.1. The molecule has 1 aliphatic heterocycles. The van der Waals surface area contributed by atoms with Gasteiger partial charge >= 0.3 is 11.9 Å². The van der Waals surface area contributed by atoms with Crippen LogP contribution >= 0.6 is 0 Å². The van der Waals surface area contributed by atoms with Crippen molar-refractivity contribution in [2.75, 3.05) is 44.8 Å². The van der Waals surface area contributed by atoms with E-state index in [9.17, 15) is 20.0 Å². The van der Waals surface area contributed by atoms with E-state index in [1.54, 1.807) is 7.11 Å². The first-order valence-corrected chi connectivity index (χ1v) is 7.83. The van der Waals surface area contributed by atoms with Crippen molar-refractivity contribution in [3.8, 4) is 0 Å². The Morgan fingerprint density at radius 1 is 1.50 bits per heavy atom. The molecule has 0 saturated carbocycles. The minimum absolute atomic E-state index is 0.259. The van der Waals surface area contributed by atoms with E-state index in [-0.39, 0.29) is 11.7 Å². The summed E-state index contributed by atoms with van der Waals surface area (Å²) in [6.07, 6.45) is 1.98. The van der Waals surface area contributed by atoms with Crippen LogP contribution in [0.15, 0.2) is 18.3 Å². The number of aromatic nitrogens is 1. The number of nitrogens with zero attached hydrogens (tertiary/aromatic N) is 4. The molecule has 1 aliphatic rings. The fourth-order valence-corrected chi connectivity index (χ4v) is 2.81. The van der Waals surface area contributed by atoms with Crippen LogP contribution in [0, 0.1) is 16.0 Å². The Hall–Kier alpha value is -2.26. The quantitative estimate of drug-likeness (QED) is 0.596. The van der Waals surface area contributed by atoms with Gasteiger partial charge < -0.3 is 24.9 Å². The van der Waals surface area contributed by atoms with E-state index < -0.39 is 11.0 Å². The third-order valence-electron chi connectivity index (χ3n) is 4.22. The maximum atomic E-state index is 11.5. The van der Waals surface area contributed by atoms with Crippen LogP contribution in [0.5, 0.6) is 0 Å². The molecule has 2 rings (SSSR count). The summed E-state index contributed by atoms with van der Waals surface area (Å²) in [4.78, 5) is 28.8. The normalized spacial score (nSPS) is 16.0. The molecule has 24 heavy (non-hydrogen) atoms. The number of nitro groups is 1. The molecule has 0 radical (unpaired) electrons. The van der Waals surface area contributed by atoms with E-state index in [2.05, 4.69) is 9.88 Å². The Kier molecular flexibility index (Phi) is 6.44. The highest BCUT2D eigenvalue weighted by atomic mass is 16.6. The lowest BCUT2D eigenvalue weighted by Crippen LogP contribution is -2.41. The maximum Gasteiger partial charge on any atom is 0.411 e. The summed E-state index contributed by atoms with van der Waals surface area (Å²) < 4.78 is 5.07. The average molecular weight is 338 g/mol. The van der Waals surface area contributed by atoms with Gasteiger partial charge in [0.15, 0.2) is 6.20 Å². The molecule has 1 aromatic rings. The molecule has 2 heterocycles. The van der Waals surface area contributed by atoms with Crippen molar-refractivity contribution >= 4 is 17.6 Å². The van der Waals surface area contributed by atoms with Crippen LogP contribution in [-0.4, -0.2) is 65.9 Å². The van der Waals surface area contributed by atoms with Crippen molar-refractivity contribution in [2.24, 2.45) is 5.92 Å². The van der Waals surface area contributed by atoms with Gasteiger partial charge in [-0.2, -0.15) is 0 Å².